The van der Waals surface area contributed by atoms with E-state index in [1.807, 2.05) is 6.07 Å². The lowest BCUT2D eigenvalue weighted by Gasteiger charge is -2.31. The number of hydrogen-bond acceptors (Lipinski definition) is 4. The van der Waals surface area contributed by atoms with E-state index in [9.17, 15) is 0 Å². The van der Waals surface area contributed by atoms with Gasteiger partial charge in [-0.3, -0.25) is 0 Å². The second-order valence-electron chi connectivity index (χ2n) is 7.76. The number of furan rings is 1. The summed E-state index contributed by atoms with van der Waals surface area (Å²) in [7, 11) is 0. The van der Waals surface area contributed by atoms with Gasteiger partial charge in [-0.2, -0.15) is 0 Å². The molecule has 0 saturated carbocycles. The largest absolute Gasteiger partial charge is 0.435 e. The van der Waals surface area contributed by atoms with Crippen LogP contribution in [0.4, 0.5) is 22.7 Å². The van der Waals surface area contributed by atoms with Gasteiger partial charge in [-0.15, -0.1) is 0 Å². The third-order valence-electron chi connectivity index (χ3n) is 6.02. The van der Waals surface area contributed by atoms with E-state index in [4.69, 9.17) is 4.42 Å². The van der Waals surface area contributed by atoms with Crippen molar-refractivity contribution < 1.29 is 4.42 Å². The molecule has 0 amide bonds. The monoisotopic (exact) mass is 391 g/mol. The summed E-state index contributed by atoms with van der Waals surface area (Å²) in [5, 5.41) is 2.15. The van der Waals surface area contributed by atoms with Crippen LogP contribution < -0.4 is 9.80 Å². The van der Waals surface area contributed by atoms with Gasteiger partial charge < -0.3 is 14.2 Å². The maximum absolute atomic E-state index is 6.31. The molecular formula is C26H21N3O. The third kappa shape index (κ3) is 2.31. The van der Waals surface area contributed by atoms with Gasteiger partial charge in [0.1, 0.15) is 6.17 Å². The van der Waals surface area contributed by atoms with Crippen LogP contribution in [0.1, 0.15) is 12.5 Å². The normalized spacial score (nSPS) is 15.9. The fourth-order valence-electron chi connectivity index (χ4n) is 4.70. The molecule has 0 spiro atoms. The number of fused-ring (bicyclic) bond motifs is 4. The standard InChI is InChI=1S/C26H21N3O/c1-17-14-15-20-21-11-8-16-27-26(21)30-25(20)24(17)29-18(2)28(19-9-4-3-5-10-19)22-12-6-7-13-23(22)29/h3-16,18H,1-2H3. The molecule has 3 aromatic carbocycles. The zero-order valence-electron chi connectivity index (χ0n) is 16.9. The van der Waals surface area contributed by atoms with Crippen molar-refractivity contribution in [2.75, 3.05) is 9.80 Å². The first-order chi connectivity index (χ1) is 14.7. The molecule has 0 saturated heterocycles. The van der Waals surface area contributed by atoms with Gasteiger partial charge in [-0.1, -0.05) is 42.5 Å². The number of aromatic nitrogens is 1. The maximum atomic E-state index is 6.31. The summed E-state index contributed by atoms with van der Waals surface area (Å²) in [6.45, 7) is 4.39. The van der Waals surface area contributed by atoms with Gasteiger partial charge in [-0.25, -0.2) is 4.98 Å². The van der Waals surface area contributed by atoms with E-state index in [-0.39, 0.29) is 6.17 Å². The van der Waals surface area contributed by atoms with Crippen molar-refractivity contribution in [3.05, 3.63) is 90.6 Å². The highest BCUT2D eigenvalue weighted by molar-refractivity contribution is 6.10. The molecule has 6 rings (SSSR count). The number of rotatable bonds is 2. The minimum absolute atomic E-state index is 0.0928. The van der Waals surface area contributed by atoms with Gasteiger partial charge in [0.15, 0.2) is 5.58 Å². The molecular weight excluding hydrogens is 370 g/mol. The van der Waals surface area contributed by atoms with E-state index >= 15 is 0 Å². The molecule has 5 aromatic rings. The number of aryl methyl sites for hydroxylation is 1. The summed E-state index contributed by atoms with van der Waals surface area (Å²) in [5.41, 5.74) is 7.40. The molecule has 4 heteroatoms. The van der Waals surface area contributed by atoms with E-state index in [0.29, 0.717) is 5.71 Å². The summed E-state index contributed by atoms with van der Waals surface area (Å²) >= 11 is 0. The predicted octanol–water partition coefficient (Wildman–Crippen LogP) is 6.93. The Morgan fingerprint density at radius 3 is 2.30 bits per heavy atom. The van der Waals surface area contributed by atoms with Crippen LogP contribution >= 0.6 is 0 Å². The van der Waals surface area contributed by atoms with Crippen LogP contribution in [0.5, 0.6) is 0 Å². The number of nitrogens with zero attached hydrogens (tertiary/aromatic N) is 3. The van der Waals surface area contributed by atoms with Crippen molar-refractivity contribution in [1.82, 2.24) is 4.98 Å². The van der Waals surface area contributed by atoms with Gasteiger partial charge in [0, 0.05) is 22.7 Å². The van der Waals surface area contributed by atoms with E-state index < -0.39 is 0 Å². The molecule has 0 fully saturated rings. The minimum Gasteiger partial charge on any atom is -0.435 e. The Kier molecular flexibility index (Phi) is 3.62. The van der Waals surface area contributed by atoms with E-state index in [2.05, 4.69) is 101 Å². The van der Waals surface area contributed by atoms with Crippen LogP contribution in [-0.4, -0.2) is 11.1 Å². The summed E-state index contributed by atoms with van der Waals surface area (Å²) in [6.07, 6.45) is 1.87. The zero-order chi connectivity index (χ0) is 20.2. The molecule has 2 aromatic heterocycles. The smallest absolute Gasteiger partial charge is 0.227 e. The third-order valence-corrected chi connectivity index (χ3v) is 6.02. The van der Waals surface area contributed by atoms with Crippen molar-refractivity contribution in [3.8, 4) is 0 Å². The number of hydrogen-bond donors (Lipinski definition) is 0. The first-order valence-electron chi connectivity index (χ1n) is 10.2. The summed E-state index contributed by atoms with van der Waals surface area (Å²) < 4.78 is 6.31. The molecule has 0 aliphatic carbocycles. The van der Waals surface area contributed by atoms with Gasteiger partial charge >= 0.3 is 0 Å². The lowest BCUT2D eigenvalue weighted by atomic mass is 10.1. The van der Waals surface area contributed by atoms with Crippen molar-refractivity contribution in [2.24, 2.45) is 0 Å². The Balaban J connectivity index is 1.63. The Hall–Kier alpha value is -3.79. The topological polar surface area (TPSA) is 32.5 Å². The SMILES string of the molecule is Cc1ccc2c(oc3ncccc32)c1N1c2ccccc2N(c2ccccc2)C1C. The number of anilines is 4. The van der Waals surface area contributed by atoms with Gasteiger partial charge in [0.05, 0.1) is 17.1 Å². The van der Waals surface area contributed by atoms with Gasteiger partial charge in [-0.05, 0) is 55.8 Å². The molecule has 30 heavy (non-hydrogen) atoms. The summed E-state index contributed by atoms with van der Waals surface area (Å²) in [5.74, 6) is 0. The van der Waals surface area contributed by atoms with Crippen LogP contribution in [0, 0.1) is 6.92 Å². The minimum atomic E-state index is 0.0928. The molecule has 4 nitrogen and oxygen atoms in total. The van der Waals surface area contributed by atoms with Crippen molar-refractivity contribution in [1.29, 1.82) is 0 Å². The van der Waals surface area contributed by atoms with Gasteiger partial charge in [0.25, 0.3) is 0 Å². The Morgan fingerprint density at radius 1 is 0.767 bits per heavy atom. The van der Waals surface area contributed by atoms with Crippen molar-refractivity contribution >= 4 is 44.8 Å². The van der Waals surface area contributed by atoms with Crippen LogP contribution in [0.15, 0.2) is 89.5 Å². The first-order valence-corrected chi connectivity index (χ1v) is 10.2. The molecule has 1 aliphatic heterocycles. The number of benzene rings is 3. The quantitative estimate of drug-likeness (QED) is 0.327. The Bertz CT molecular complexity index is 1390. The molecule has 1 atom stereocenters. The summed E-state index contributed by atoms with van der Waals surface area (Å²) in [6, 6.07) is 27.5. The van der Waals surface area contributed by atoms with Crippen LogP contribution in [0.3, 0.4) is 0 Å². The van der Waals surface area contributed by atoms with Crippen LogP contribution in [0.25, 0.3) is 22.1 Å². The maximum Gasteiger partial charge on any atom is 0.227 e. The summed E-state index contributed by atoms with van der Waals surface area (Å²) in [4.78, 5) is 9.22. The lowest BCUT2D eigenvalue weighted by Crippen LogP contribution is -2.35. The molecule has 3 heterocycles. The predicted molar refractivity (Wildman–Crippen MR) is 123 cm³/mol. The Morgan fingerprint density at radius 2 is 1.50 bits per heavy atom. The van der Waals surface area contributed by atoms with E-state index in [0.717, 1.165) is 22.0 Å². The highest BCUT2D eigenvalue weighted by Gasteiger charge is 2.36. The van der Waals surface area contributed by atoms with E-state index in [1.54, 1.807) is 6.20 Å². The van der Waals surface area contributed by atoms with Crippen molar-refractivity contribution in [2.45, 2.75) is 20.0 Å². The highest BCUT2D eigenvalue weighted by atomic mass is 16.3. The van der Waals surface area contributed by atoms with Crippen LogP contribution in [0.2, 0.25) is 0 Å². The van der Waals surface area contributed by atoms with Crippen LogP contribution in [-0.2, 0) is 0 Å². The van der Waals surface area contributed by atoms with E-state index in [1.165, 1.54) is 22.6 Å². The molecule has 146 valence electrons. The molecule has 0 N–H and O–H groups in total. The number of pyridine rings is 1. The average Bonchev–Trinajstić information content (AvgIpc) is 3.29. The molecule has 0 bridgehead atoms. The lowest BCUT2D eigenvalue weighted by molar-refractivity contribution is 0.649. The van der Waals surface area contributed by atoms with Gasteiger partial charge in [0.2, 0.25) is 5.71 Å². The van der Waals surface area contributed by atoms with Crippen molar-refractivity contribution in [3.63, 3.8) is 0 Å². The fraction of sp³-hybridized carbons (Fsp3) is 0.115. The first kappa shape index (κ1) is 17.1. The fourth-order valence-corrected chi connectivity index (χ4v) is 4.70. The average molecular weight is 391 g/mol. The second kappa shape index (κ2) is 6.36. The highest BCUT2D eigenvalue weighted by Crippen LogP contribution is 2.50. The Labute approximate surface area is 175 Å². The molecule has 1 aliphatic rings. The zero-order valence-corrected chi connectivity index (χ0v) is 16.9. The molecule has 1 unspecified atom stereocenters. The number of para-hydroxylation sites is 3. The molecule has 0 radical (unpaired) electrons. The second-order valence-corrected chi connectivity index (χ2v) is 7.76.